The highest BCUT2D eigenvalue weighted by Crippen LogP contribution is 2.37. The number of anilines is 1. The summed E-state index contributed by atoms with van der Waals surface area (Å²) < 4.78 is 1.59. The first-order chi connectivity index (χ1) is 8.93. The Hall–Kier alpha value is -1.85. The van der Waals surface area contributed by atoms with Crippen LogP contribution in [0.3, 0.4) is 0 Å². The normalized spacial score (nSPS) is 17.0. The zero-order chi connectivity index (χ0) is 14.0. The van der Waals surface area contributed by atoms with Gasteiger partial charge in [-0.05, 0) is 33.1 Å². The molecule has 1 aliphatic carbocycles. The first-order valence-electron chi connectivity index (χ1n) is 6.51. The molecule has 1 saturated carbocycles. The molecule has 0 saturated heterocycles. The highest BCUT2D eigenvalue weighted by atomic mass is 16.4. The van der Waals surface area contributed by atoms with E-state index in [2.05, 4.69) is 10.3 Å². The second-order valence-electron chi connectivity index (χ2n) is 5.41. The van der Waals surface area contributed by atoms with Crippen LogP contribution in [0.25, 0.3) is 0 Å². The summed E-state index contributed by atoms with van der Waals surface area (Å²) in [6, 6.07) is 0.0489. The van der Waals surface area contributed by atoms with Gasteiger partial charge in [0.1, 0.15) is 0 Å². The first-order valence-corrected chi connectivity index (χ1v) is 6.51. The fraction of sp³-hybridized carbons (Fsp3) is 0.615. The van der Waals surface area contributed by atoms with Crippen molar-refractivity contribution in [3.63, 3.8) is 0 Å². The van der Waals surface area contributed by atoms with Crippen molar-refractivity contribution in [3.8, 4) is 0 Å². The molecule has 1 aromatic heterocycles. The summed E-state index contributed by atoms with van der Waals surface area (Å²) in [4.78, 5) is 27.2. The number of nitrogens with one attached hydrogen (secondary N) is 1. The van der Waals surface area contributed by atoms with Gasteiger partial charge in [0.25, 0.3) is 5.56 Å². The average molecular weight is 265 g/mol. The molecule has 0 radical (unpaired) electrons. The van der Waals surface area contributed by atoms with Crippen molar-refractivity contribution in [3.05, 3.63) is 22.7 Å². The Morgan fingerprint density at radius 1 is 1.58 bits per heavy atom. The summed E-state index contributed by atoms with van der Waals surface area (Å²) >= 11 is 0. The maximum absolute atomic E-state index is 12.2. The zero-order valence-electron chi connectivity index (χ0n) is 11.2. The Kier molecular flexibility index (Phi) is 3.59. The monoisotopic (exact) mass is 265 g/mol. The fourth-order valence-electron chi connectivity index (χ4n) is 2.41. The first kappa shape index (κ1) is 13.6. The van der Waals surface area contributed by atoms with Gasteiger partial charge in [-0.3, -0.25) is 9.59 Å². The van der Waals surface area contributed by atoms with Crippen LogP contribution in [0.1, 0.15) is 45.6 Å². The largest absolute Gasteiger partial charge is 0.481 e. The van der Waals surface area contributed by atoms with Gasteiger partial charge >= 0.3 is 5.97 Å². The number of nitrogens with zero attached hydrogens (tertiary/aromatic N) is 2. The standard InChI is InChI=1S/C13H19N3O3/c1-9(2)16-7-6-14-11(12(16)19)15-13(4-3-5-13)8-10(17)18/h6-7,9H,3-5,8H2,1-2H3,(H,14,15)(H,17,18). The van der Waals surface area contributed by atoms with E-state index in [0.717, 1.165) is 19.3 Å². The highest BCUT2D eigenvalue weighted by Gasteiger charge is 2.39. The minimum Gasteiger partial charge on any atom is -0.481 e. The molecule has 1 fully saturated rings. The second kappa shape index (κ2) is 5.03. The Morgan fingerprint density at radius 3 is 2.74 bits per heavy atom. The lowest BCUT2D eigenvalue weighted by molar-refractivity contribution is -0.138. The number of rotatable bonds is 5. The Morgan fingerprint density at radius 2 is 2.26 bits per heavy atom. The third kappa shape index (κ3) is 2.77. The average Bonchev–Trinajstić information content (AvgIpc) is 2.27. The molecule has 2 rings (SSSR count). The number of aromatic nitrogens is 2. The topological polar surface area (TPSA) is 84.2 Å². The van der Waals surface area contributed by atoms with Crippen LogP contribution in [0, 0.1) is 0 Å². The number of carboxylic acid groups (broad SMARTS) is 1. The molecule has 2 N–H and O–H groups in total. The van der Waals surface area contributed by atoms with Gasteiger partial charge < -0.3 is 15.0 Å². The molecule has 0 atom stereocenters. The molecule has 6 nitrogen and oxygen atoms in total. The van der Waals surface area contributed by atoms with Crippen LogP contribution in [-0.2, 0) is 4.79 Å². The molecule has 0 aliphatic heterocycles. The van der Waals surface area contributed by atoms with E-state index in [1.165, 1.54) is 0 Å². The van der Waals surface area contributed by atoms with Gasteiger partial charge in [0.2, 0.25) is 0 Å². The third-order valence-electron chi connectivity index (χ3n) is 3.61. The molecule has 0 bridgehead atoms. The molecule has 104 valence electrons. The summed E-state index contributed by atoms with van der Waals surface area (Å²) in [5.74, 6) is -0.607. The molecular weight excluding hydrogens is 246 g/mol. The lowest BCUT2D eigenvalue weighted by Gasteiger charge is -2.41. The van der Waals surface area contributed by atoms with E-state index in [1.807, 2.05) is 13.8 Å². The molecule has 0 spiro atoms. The van der Waals surface area contributed by atoms with Crippen LogP contribution in [0.4, 0.5) is 5.82 Å². The van der Waals surface area contributed by atoms with Crippen LogP contribution in [0.5, 0.6) is 0 Å². The lowest BCUT2D eigenvalue weighted by atomic mass is 9.74. The van der Waals surface area contributed by atoms with Gasteiger partial charge in [-0.1, -0.05) is 0 Å². The molecule has 0 unspecified atom stereocenters. The molecule has 0 aromatic carbocycles. The van der Waals surface area contributed by atoms with Gasteiger partial charge in [0.15, 0.2) is 5.82 Å². The number of hydrogen-bond donors (Lipinski definition) is 2. The Labute approximate surface area is 111 Å². The Bertz CT molecular complexity index is 532. The minimum atomic E-state index is -0.854. The predicted molar refractivity (Wildman–Crippen MR) is 71.3 cm³/mol. The van der Waals surface area contributed by atoms with E-state index in [4.69, 9.17) is 5.11 Å². The maximum atomic E-state index is 12.2. The summed E-state index contributed by atoms with van der Waals surface area (Å²) in [5, 5.41) is 12.0. The van der Waals surface area contributed by atoms with Crippen LogP contribution in [0.2, 0.25) is 0 Å². The Balaban J connectivity index is 2.26. The lowest BCUT2D eigenvalue weighted by Crippen LogP contribution is -2.48. The van der Waals surface area contributed by atoms with Gasteiger partial charge in [-0.15, -0.1) is 0 Å². The van der Waals surface area contributed by atoms with E-state index >= 15 is 0 Å². The highest BCUT2D eigenvalue weighted by molar-refractivity contribution is 5.69. The molecule has 1 heterocycles. The number of aliphatic carboxylic acids is 1. The zero-order valence-corrected chi connectivity index (χ0v) is 11.2. The third-order valence-corrected chi connectivity index (χ3v) is 3.61. The number of carboxylic acids is 1. The van der Waals surface area contributed by atoms with Crippen molar-refractivity contribution in [1.29, 1.82) is 0 Å². The minimum absolute atomic E-state index is 0.0185. The summed E-state index contributed by atoms with van der Waals surface area (Å²) in [6.45, 7) is 3.84. The van der Waals surface area contributed by atoms with Crippen molar-refractivity contribution in [1.82, 2.24) is 9.55 Å². The van der Waals surface area contributed by atoms with E-state index in [-0.39, 0.29) is 23.8 Å². The van der Waals surface area contributed by atoms with E-state index in [1.54, 1.807) is 17.0 Å². The van der Waals surface area contributed by atoms with Crippen molar-refractivity contribution in [2.24, 2.45) is 0 Å². The van der Waals surface area contributed by atoms with Crippen LogP contribution >= 0.6 is 0 Å². The maximum Gasteiger partial charge on any atom is 0.305 e. The smallest absolute Gasteiger partial charge is 0.305 e. The van der Waals surface area contributed by atoms with Crippen molar-refractivity contribution >= 4 is 11.8 Å². The van der Waals surface area contributed by atoms with Crippen molar-refractivity contribution in [2.75, 3.05) is 5.32 Å². The molecule has 1 aliphatic rings. The van der Waals surface area contributed by atoms with Crippen LogP contribution < -0.4 is 10.9 Å². The van der Waals surface area contributed by atoms with E-state index < -0.39 is 11.5 Å². The molecule has 6 heteroatoms. The van der Waals surface area contributed by atoms with Gasteiger partial charge in [0.05, 0.1) is 6.42 Å². The predicted octanol–water partition coefficient (Wildman–Crippen LogP) is 1.63. The molecule has 0 amide bonds. The van der Waals surface area contributed by atoms with E-state index in [9.17, 15) is 9.59 Å². The van der Waals surface area contributed by atoms with Gasteiger partial charge in [0, 0.05) is 24.0 Å². The second-order valence-corrected chi connectivity index (χ2v) is 5.41. The SMILES string of the molecule is CC(C)n1ccnc(NC2(CC(=O)O)CCC2)c1=O. The summed E-state index contributed by atoms with van der Waals surface area (Å²) in [5.41, 5.74) is -0.706. The molecule has 19 heavy (non-hydrogen) atoms. The summed E-state index contributed by atoms with van der Waals surface area (Å²) in [7, 11) is 0. The summed E-state index contributed by atoms with van der Waals surface area (Å²) in [6.07, 6.45) is 5.73. The van der Waals surface area contributed by atoms with Gasteiger partial charge in [-0.2, -0.15) is 0 Å². The van der Waals surface area contributed by atoms with Crippen LogP contribution in [-0.4, -0.2) is 26.2 Å². The number of carbonyl (C=O) groups is 1. The van der Waals surface area contributed by atoms with E-state index in [0.29, 0.717) is 0 Å². The fourth-order valence-corrected chi connectivity index (χ4v) is 2.41. The van der Waals surface area contributed by atoms with Crippen LogP contribution in [0.15, 0.2) is 17.2 Å². The molecular formula is C13H19N3O3. The van der Waals surface area contributed by atoms with Crippen molar-refractivity contribution < 1.29 is 9.90 Å². The number of hydrogen-bond acceptors (Lipinski definition) is 4. The molecule has 1 aromatic rings. The van der Waals surface area contributed by atoms with Crippen molar-refractivity contribution in [2.45, 2.75) is 51.1 Å². The van der Waals surface area contributed by atoms with Gasteiger partial charge in [-0.25, -0.2) is 4.98 Å². The quantitative estimate of drug-likeness (QED) is 0.845.